The van der Waals surface area contributed by atoms with Crippen molar-refractivity contribution in [1.29, 1.82) is 0 Å². The van der Waals surface area contributed by atoms with Crippen molar-refractivity contribution >= 4 is 15.9 Å². The molecule has 7 nitrogen and oxygen atoms in total. The number of nitrogens with one attached hydrogen (secondary N) is 1. The van der Waals surface area contributed by atoms with E-state index in [2.05, 4.69) is 15.0 Å². The normalized spacial score (nSPS) is 11.3. The van der Waals surface area contributed by atoms with Crippen LogP contribution in [-0.2, 0) is 10.0 Å². The van der Waals surface area contributed by atoms with Crippen molar-refractivity contribution in [3.05, 3.63) is 17.5 Å². The summed E-state index contributed by atoms with van der Waals surface area (Å²) in [6.45, 7) is 1.61. The van der Waals surface area contributed by atoms with E-state index in [1.807, 2.05) is 0 Å². The molecule has 0 radical (unpaired) electrons. The van der Waals surface area contributed by atoms with Gasteiger partial charge in [0.2, 0.25) is 15.8 Å². The van der Waals surface area contributed by atoms with Crippen LogP contribution in [0.3, 0.4) is 0 Å². The van der Waals surface area contributed by atoms with E-state index in [1.165, 1.54) is 6.07 Å². The molecular weight excluding hydrogens is 222 g/mol. The Hall–Kier alpha value is -1.41. The summed E-state index contributed by atoms with van der Waals surface area (Å²) in [6, 6.07) is 1.45. The molecule has 0 aliphatic heterocycles. The number of carbonyl (C=O) groups is 1. The molecule has 0 saturated heterocycles. The van der Waals surface area contributed by atoms with Crippen LogP contribution in [0, 0.1) is 6.92 Å². The van der Waals surface area contributed by atoms with E-state index in [0.717, 1.165) is 0 Å². The van der Waals surface area contributed by atoms with Crippen molar-refractivity contribution in [3.63, 3.8) is 0 Å². The van der Waals surface area contributed by atoms with Gasteiger partial charge in [0, 0.05) is 12.6 Å². The number of hydrogen-bond acceptors (Lipinski definition) is 5. The van der Waals surface area contributed by atoms with E-state index in [0.29, 0.717) is 5.69 Å². The van der Waals surface area contributed by atoms with Gasteiger partial charge in [0.05, 0.1) is 11.4 Å². The fraction of sp³-hybridized carbons (Fsp3) is 0.429. The van der Waals surface area contributed by atoms with E-state index < -0.39 is 15.9 Å². The third kappa shape index (κ3) is 4.09. The predicted molar refractivity (Wildman–Crippen MR) is 51.5 cm³/mol. The fourth-order valence-electron chi connectivity index (χ4n) is 0.865. The number of aryl methyl sites for hydroxylation is 1. The fourth-order valence-corrected chi connectivity index (χ4v) is 1.25. The summed E-state index contributed by atoms with van der Waals surface area (Å²) < 4.78 is 25.8. The summed E-state index contributed by atoms with van der Waals surface area (Å²) in [5.41, 5.74) is 0.576. The predicted octanol–water partition coefficient (Wildman–Crippen LogP) is -0.999. The van der Waals surface area contributed by atoms with Crippen LogP contribution in [0.5, 0.6) is 0 Å². The minimum atomic E-state index is -3.56. The second kappa shape index (κ2) is 4.41. The number of nitrogens with two attached hydrogens (primary N) is 1. The van der Waals surface area contributed by atoms with Crippen LogP contribution >= 0.6 is 0 Å². The minimum absolute atomic E-state index is 0.0434. The van der Waals surface area contributed by atoms with Gasteiger partial charge in [-0.3, -0.25) is 4.79 Å². The summed E-state index contributed by atoms with van der Waals surface area (Å²) >= 11 is 0. The highest BCUT2D eigenvalue weighted by molar-refractivity contribution is 7.89. The first-order chi connectivity index (χ1) is 6.88. The summed E-state index contributed by atoms with van der Waals surface area (Å²) in [5, 5.41) is 10.6. The van der Waals surface area contributed by atoms with Crippen molar-refractivity contribution in [2.45, 2.75) is 6.92 Å². The standard InChI is InChI=1S/C7H11N3O4S/c1-5-4-6(14-10-5)7(11)9-2-3-15(8,12)13/h4H,2-3H2,1H3,(H,9,11)(H2,8,12,13). The van der Waals surface area contributed by atoms with Crippen LogP contribution in [0.25, 0.3) is 0 Å². The van der Waals surface area contributed by atoms with E-state index >= 15 is 0 Å². The molecular formula is C7H11N3O4S. The highest BCUT2D eigenvalue weighted by atomic mass is 32.2. The highest BCUT2D eigenvalue weighted by Crippen LogP contribution is 2.00. The molecule has 0 fully saturated rings. The smallest absolute Gasteiger partial charge is 0.289 e. The molecule has 8 heteroatoms. The first-order valence-electron chi connectivity index (χ1n) is 4.10. The Morgan fingerprint density at radius 2 is 2.33 bits per heavy atom. The maximum Gasteiger partial charge on any atom is 0.289 e. The summed E-state index contributed by atoms with van der Waals surface area (Å²) in [5.74, 6) is -0.785. The Kier molecular flexibility index (Phi) is 3.43. The number of nitrogens with zero attached hydrogens (tertiary/aromatic N) is 1. The Morgan fingerprint density at radius 3 is 2.80 bits per heavy atom. The lowest BCUT2D eigenvalue weighted by atomic mass is 10.4. The quantitative estimate of drug-likeness (QED) is 0.692. The second-order valence-electron chi connectivity index (χ2n) is 2.96. The molecule has 0 saturated carbocycles. The zero-order valence-corrected chi connectivity index (χ0v) is 8.87. The van der Waals surface area contributed by atoms with Gasteiger partial charge in [0.25, 0.3) is 5.91 Å². The maximum absolute atomic E-state index is 11.3. The largest absolute Gasteiger partial charge is 0.351 e. The molecule has 0 unspecified atom stereocenters. The average molecular weight is 233 g/mol. The van der Waals surface area contributed by atoms with Crippen LogP contribution in [0.4, 0.5) is 0 Å². The van der Waals surface area contributed by atoms with Crippen LogP contribution in [0.1, 0.15) is 16.2 Å². The van der Waals surface area contributed by atoms with Crippen LogP contribution < -0.4 is 10.5 Å². The first-order valence-corrected chi connectivity index (χ1v) is 5.82. The van der Waals surface area contributed by atoms with E-state index in [4.69, 9.17) is 5.14 Å². The van der Waals surface area contributed by atoms with Gasteiger partial charge >= 0.3 is 0 Å². The van der Waals surface area contributed by atoms with Gasteiger partial charge in [0.1, 0.15) is 0 Å². The molecule has 0 atom stereocenters. The number of carbonyl (C=O) groups excluding carboxylic acids is 1. The second-order valence-corrected chi connectivity index (χ2v) is 4.69. The molecule has 1 amide bonds. The Bertz CT molecular complexity index is 451. The van der Waals surface area contributed by atoms with Gasteiger partial charge in [-0.2, -0.15) is 0 Å². The topological polar surface area (TPSA) is 115 Å². The number of amides is 1. The number of primary sulfonamides is 1. The monoisotopic (exact) mass is 233 g/mol. The molecule has 1 rings (SSSR count). The van der Waals surface area contributed by atoms with Crippen LogP contribution in [0.15, 0.2) is 10.6 Å². The number of sulfonamides is 1. The summed E-state index contributed by atoms with van der Waals surface area (Å²) in [4.78, 5) is 11.3. The van der Waals surface area contributed by atoms with Crippen molar-refractivity contribution in [1.82, 2.24) is 10.5 Å². The van der Waals surface area contributed by atoms with Crippen molar-refractivity contribution in [2.75, 3.05) is 12.3 Å². The van der Waals surface area contributed by atoms with Crippen LogP contribution in [-0.4, -0.2) is 31.8 Å². The molecule has 15 heavy (non-hydrogen) atoms. The average Bonchev–Trinajstić information content (AvgIpc) is 2.49. The molecule has 1 aromatic rings. The third-order valence-corrected chi connectivity index (χ3v) is 2.30. The molecule has 1 aromatic heterocycles. The first kappa shape index (κ1) is 11.7. The summed E-state index contributed by atoms with van der Waals surface area (Å²) in [6.07, 6.45) is 0. The van der Waals surface area contributed by atoms with E-state index in [9.17, 15) is 13.2 Å². The van der Waals surface area contributed by atoms with Gasteiger partial charge in [-0.25, -0.2) is 13.6 Å². The zero-order chi connectivity index (χ0) is 11.5. The number of rotatable bonds is 4. The number of hydrogen-bond donors (Lipinski definition) is 2. The third-order valence-electron chi connectivity index (χ3n) is 1.52. The minimum Gasteiger partial charge on any atom is -0.351 e. The van der Waals surface area contributed by atoms with Crippen molar-refractivity contribution < 1.29 is 17.7 Å². The van der Waals surface area contributed by atoms with Gasteiger partial charge < -0.3 is 9.84 Å². The molecule has 3 N–H and O–H groups in total. The Balaban J connectivity index is 2.44. The molecule has 0 spiro atoms. The molecule has 0 aliphatic carbocycles. The Morgan fingerprint density at radius 1 is 1.67 bits per heavy atom. The molecule has 0 aliphatic rings. The SMILES string of the molecule is Cc1cc(C(=O)NCCS(N)(=O)=O)on1. The molecule has 0 bridgehead atoms. The van der Waals surface area contributed by atoms with Gasteiger partial charge in [-0.05, 0) is 6.92 Å². The molecule has 0 aromatic carbocycles. The van der Waals surface area contributed by atoms with Gasteiger partial charge in [-0.15, -0.1) is 0 Å². The van der Waals surface area contributed by atoms with E-state index in [-0.39, 0.29) is 18.1 Å². The zero-order valence-electron chi connectivity index (χ0n) is 8.06. The van der Waals surface area contributed by atoms with Crippen molar-refractivity contribution in [2.24, 2.45) is 5.14 Å². The summed E-state index contributed by atoms with van der Waals surface area (Å²) in [7, 11) is -3.56. The highest BCUT2D eigenvalue weighted by Gasteiger charge is 2.11. The lowest BCUT2D eigenvalue weighted by molar-refractivity contribution is 0.0919. The molecule has 84 valence electrons. The van der Waals surface area contributed by atoms with Gasteiger partial charge in [-0.1, -0.05) is 5.16 Å². The maximum atomic E-state index is 11.3. The van der Waals surface area contributed by atoms with Gasteiger partial charge in [0.15, 0.2) is 0 Å². The molecule has 1 heterocycles. The number of aromatic nitrogens is 1. The van der Waals surface area contributed by atoms with Crippen LogP contribution in [0.2, 0.25) is 0 Å². The van der Waals surface area contributed by atoms with E-state index in [1.54, 1.807) is 6.92 Å². The Labute approximate surface area is 86.7 Å². The lowest BCUT2D eigenvalue weighted by Crippen LogP contribution is -2.31. The lowest BCUT2D eigenvalue weighted by Gasteiger charge is -2.00. The van der Waals surface area contributed by atoms with Crippen molar-refractivity contribution in [3.8, 4) is 0 Å².